The first-order chi connectivity index (χ1) is 8.19. The summed E-state index contributed by atoms with van der Waals surface area (Å²) >= 11 is 0. The third-order valence-electron chi connectivity index (χ3n) is 3.03. The van der Waals surface area contributed by atoms with Gasteiger partial charge in [-0.15, -0.1) is 0 Å². The van der Waals surface area contributed by atoms with Crippen LogP contribution in [0.3, 0.4) is 0 Å². The van der Waals surface area contributed by atoms with Crippen molar-refractivity contribution in [3.05, 3.63) is 24.0 Å². The molecule has 1 fully saturated rings. The van der Waals surface area contributed by atoms with E-state index in [0.717, 1.165) is 12.1 Å². The number of carbonyl (C=O) groups is 1. The predicted molar refractivity (Wildman–Crippen MR) is 61.3 cm³/mol. The standard InChI is InChI=1S/C12H13N3O2/c13-7-11-6-10(3-4-14-11)15-9-2-1-8(5-9)12(16)17/h3-4,6,8-9H,1-2,5H2,(H,14,15)(H,16,17). The van der Waals surface area contributed by atoms with Crippen LogP contribution in [0.15, 0.2) is 18.3 Å². The predicted octanol–water partition coefficient (Wildman–Crippen LogP) is 1.62. The molecule has 1 aromatic heterocycles. The van der Waals surface area contributed by atoms with Crippen LogP contribution < -0.4 is 5.32 Å². The van der Waals surface area contributed by atoms with E-state index in [1.807, 2.05) is 6.07 Å². The number of aliphatic carboxylic acids is 1. The molecular weight excluding hydrogens is 218 g/mol. The summed E-state index contributed by atoms with van der Waals surface area (Å²) in [7, 11) is 0. The van der Waals surface area contributed by atoms with E-state index < -0.39 is 5.97 Å². The Labute approximate surface area is 99.1 Å². The van der Waals surface area contributed by atoms with Gasteiger partial charge in [0.2, 0.25) is 0 Å². The van der Waals surface area contributed by atoms with Crippen molar-refractivity contribution in [3.63, 3.8) is 0 Å². The lowest BCUT2D eigenvalue weighted by molar-refractivity contribution is -0.141. The van der Waals surface area contributed by atoms with E-state index in [1.54, 1.807) is 18.3 Å². The van der Waals surface area contributed by atoms with Gasteiger partial charge in [-0.2, -0.15) is 5.26 Å². The zero-order valence-corrected chi connectivity index (χ0v) is 9.26. The summed E-state index contributed by atoms with van der Waals surface area (Å²) in [4.78, 5) is 14.7. The van der Waals surface area contributed by atoms with E-state index in [1.165, 1.54) is 0 Å². The Hall–Kier alpha value is -2.09. The molecule has 0 bridgehead atoms. The van der Waals surface area contributed by atoms with Crippen molar-refractivity contribution < 1.29 is 9.90 Å². The molecule has 1 aliphatic carbocycles. The maximum atomic E-state index is 10.8. The Morgan fingerprint density at radius 2 is 2.41 bits per heavy atom. The molecule has 0 aromatic carbocycles. The second-order valence-electron chi connectivity index (χ2n) is 4.23. The summed E-state index contributed by atoms with van der Waals surface area (Å²) in [6.07, 6.45) is 3.77. The van der Waals surface area contributed by atoms with E-state index in [4.69, 9.17) is 10.4 Å². The summed E-state index contributed by atoms with van der Waals surface area (Å²) < 4.78 is 0. The van der Waals surface area contributed by atoms with Gasteiger partial charge < -0.3 is 10.4 Å². The van der Waals surface area contributed by atoms with E-state index in [9.17, 15) is 4.79 Å². The highest BCUT2D eigenvalue weighted by Crippen LogP contribution is 2.28. The fraction of sp³-hybridized carbons (Fsp3) is 0.417. The summed E-state index contributed by atoms with van der Waals surface area (Å²) in [6, 6.07) is 5.61. The minimum Gasteiger partial charge on any atom is -0.481 e. The van der Waals surface area contributed by atoms with Crippen LogP contribution in [0.4, 0.5) is 5.69 Å². The highest BCUT2D eigenvalue weighted by molar-refractivity contribution is 5.70. The normalized spacial score (nSPS) is 23.0. The van der Waals surface area contributed by atoms with E-state index in [0.29, 0.717) is 18.5 Å². The van der Waals surface area contributed by atoms with E-state index in [-0.39, 0.29) is 12.0 Å². The van der Waals surface area contributed by atoms with Crippen LogP contribution in [0.1, 0.15) is 25.0 Å². The molecule has 0 amide bonds. The monoisotopic (exact) mass is 231 g/mol. The van der Waals surface area contributed by atoms with Gasteiger partial charge >= 0.3 is 5.97 Å². The van der Waals surface area contributed by atoms with Gasteiger partial charge in [-0.05, 0) is 31.4 Å². The first-order valence-electron chi connectivity index (χ1n) is 5.54. The maximum Gasteiger partial charge on any atom is 0.306 e. The number of hydrogen-bond donors (Lipinski definition) is 2. The van der Waals surface area contributed by atoms with Crippen LogP contribution in [-0.4, -0.2) is 22.1 Å². The smallest absolute Gasteiger partial charge is 0.306 e. The van der Waals surface area contributed by atoms with Crippen molar-refractivity contribution in [2.45, 2.75) is 25.3 Å². The average Bonchev–Trinajstić information content (AvgIpc) is 2.78. The van der Waals surface area contributed by atoms with Gasteiger partial charge in [0, 0.05) is 17.9 Å². The van der Waals surface area contributed by atoms with Gasteiger partial charge in [0.05, 0.1) is 5.92 Å². The van der Waals surface area contributed by atoms with Crippen molar-refractivity contribution in [3.8, 4) is 6.07 Å². The fourth-order valence-electron chi connectivity index (χ4n) is 2.15. The summed E-state index contributed by atoms with van der Waals surface area (Å²) in [5, 5.41) is 20.9. The third kappa shape index (κ3) is 2.72. The molecule has 2 rings (SSSR count). The maximum absolute atomic E-state index is 10.8. The number of nitrogens with zero attached hydrogens (tertiary/aromatic N) is 2. The topological polar surface area (TPSA) is 86.0 Å². The molecule has 2 N–H and O–H groups in total. The summed E-state index contributed by atoms with van der Waals surface area (Å²) in [5.41, 5.74) is 1.19. The van der Waals surface area contributed by atoms with Crippen LogP contribution in [0.25, 0.3) is 0 Å². The Morgan fingerprint density at radius 1 is 1.59 bits per heavy atom. The van der Waals surface area contributed by atoms with Crippen LogP contribution in [0.5, 0.6) is 0 Å². The Morgan fingerprint density at radius 3 is 3.06 bits per heavy atom. The molecule has 1 aliphatic rings. The van der Waals surface area contributed by atoms with Gasteiger partial charge in [-0.25, -0.2) is 4.98 Å². The van der Waals surface area contributed by atoms with Crippen molar-refractivity contribution in [2.75, 3.05) is 5.32 Å². The number of rotatable bonds is 3. The molecule has 2 unspecified atom stereocenters. The molecule has 0 radical (unpaired) electrons. The molecular formula is C12H13N3O2. The van der Waals surface area contributed by atoms with Gasteiger partial charge in [-0.3, -0.25) is 4.79 Å². The molecule has 88 valence electrons. The van der Waals surface area contributed by atoms with Gasteiger partial charge in [0.15, 0.2) is 0 Å². The summed E-state index contributed by atoms with van der Waals surface area (Å²) in [6.45, 7) is 0. The van der Waals surface area contributed by atoms with Crippen LogP contribution in [0.2, 0.25) is 0 Å². The number of nitrogens with one attached hydrogen (secondary N) is 1. The minimum atomic E-state index is -0.721. The van der Waals surface area contributed by atoms with Crippen molar-refractivity contribution in [1.82, 2.24) is 4.98 Å². The first-order valence-corrected chi connectivity index (χ1v) is 5.54. The average molecular weight is 231 g/mol. The fourth-order valence-corrected chi connectivity index (χ4v) is 2.15. The molecule has 1 saturated carbocycles. The zero-order valence-electron chi connectivity index (χ0n) is 9.26. The molecule has 0 aliphatic heterocycles. The number of anilines is 1. The molecule has 0 saturated heterocycles. The number of carboxylic acids is 1. The largest absolute Gasteiger partial charge is 0.481 e. The lowest BCUT2D eigenvalue weighted by atomic mass is 10.1. The van der Waals surface area contributed by atoms with Gasteiger partial charge in [-0.1, -0.05) is 0 Å². The van der Waals surface area contributed by atoms with Crippen molar-refractivity contribution in [1.29, 1.82) is 5.26 Å². The molecule has 2 atom stereocenters. The zero-order chi connectivity index (χ0) is 12.3. The van der Waals surface area contributed by atoms with Crippen molar-refractivity contribution >= 4 is 11.7 Å². The summed E-state index contributed by atoms with van der Waals surface area (Å²) in [5.74, 6) is -0.966. The highest BCUT2D eigenvalue weighted by Gasteiger charge is 2.29. The molecule has 1 heterocycles. The second-order valence-corrected chi connectivity index (χ2v) is 4.23. The SMILES string of the molecule is N#Cc1cc(NC2CCC(C(=O)O)C2)ccn1. The second kappa shape index (κ2) is 4.83. The van der Waals surface area contributed by atoms with Crippen LogP contribution in [-0.2, 0) is 4.79 Å². The molecule has 1 aromatic rings. The van der Waals surface area contributed by atoms with Gasteiger partial charge in [0.25, 0.3) is 0 Å². The third-order valence-corrected chi connectivity index (χ3v) is 3.03. The highest BCUT2D eigenvalue weighted by atomic mass is 16.4. The number of carboxylic acid groups (broad SMARTS) is 1. The van der Waals surface area contributed by atoms with Crippen LogP contribution in [0, 0.1) is 17.2 Å². The number of nitriles is 1. The molecule has 5 nitrogen and oxygen atoms in total. The lowest BCUT2D eigenvalue weighted by Crippen LogP contribution is -2.17. The lowest BCUT2D eigenvalue weighted by Gasteiger charge is -2.13. The molecule has 5 heteroatoms. The molecule has 0 spiro atoms. The first kappa shape index (κ1) is 11.4. The Bertz CT molecular complexity index is 467. The van der Waals surface area contributed by atoms with Crippen LogP contribution >= 0.6 is 0 Å². The van der Waals surface area contributed by atoms with Gasteiger partial charge in [0.1, 0.15) is 11.8 Å². The van der Waals surface area contributed by atoms with E-state index in [2.05, 4.69) is 10.3 Å². The molecule has 17 heavy (non-hydrogen) atoms. The number of hydrogen-bond acceptors (Lipinski definition) is 4. The quantitative estimate of drug-likeness (QED) is 0.825. The number of aromatic nitrogens is 1. The Balaban J connectivity index is 1.98. The minimum absolute atomic E-state index is 0.171. The van der Waals surface area contributed by atoms with E-state index >= 15 is 0 Å². The number of pyridine rings is 1. The van der Waals surface area contributed by atoms with Crippen molar-refractivity contribution in [2.24, 2.45) is 5.92 Å². The Kier molecular flexibility index (Phi) is 3.24.